The fraction of sp³-hybridized carbons (Fsp3) is 0.318. The first-order valence-corrected chi connectivity index (χ1v) is 10.6. The Morgan fingerprint density at radius 2 is 1.72 bits per heavy atom. The van der Waals surface area contributed by atoms with Gasteiger partial charge >= 0.3 is 0 Å². The van der Waals surface area contributed by atoms with Crippen molar-refractivity contribution in [2.75, 3.05) is 26.3 Å². The van der Waals surface area contributed by atoms with Gasteiger partial charge in [-0.05, 0) is 26.0 Å². The molecule has 2 aromatic carbocycles. The average molecular weight is 409 g/mol. The number of ether oxygens (including phenoxy) is 1. The van der Waals surface area contributed by atoms with E-state index < -0.39 is 0 Å². The molecule has 7 heteroatoms. The summed E-state index contributed by atoms with van der Waals surface area (Å²) in [6, 6.07) is 18.3. The molecule has 0 saturated carbocycles. The van der Waals surface area contributed by atoms with Crippen LogP contribution in [0.4, 0.5) is 0 Å². The highest BCUT2D eigenvalue weighted by molar-refractivity contribution is 8.00. The maximum absolute atomic E-state index is 12.9. The summed E-state index contributed by atoms with van der Waals surface area (Å²) in [4.78, 5) is 14.7. The van der Waals surface area contributed by atoms with Gasteiger partial charge in [0.2, 0.25) is 5.91 Å². The van der Waals surface area contributed by atoms with Crippen LogP contribution in [-0.4, -0.2) is 57.1 Å². The first-order chi connectivity index (χ1) is 14.1. The molecule has 1 aliphatic rings. The molecular formula is C22H24N4O2S. The Labute approximate surface area is 174 Å². The molecule has 6 nitrogen and oxygen atoms in total. The first kappa shape index (κ1) is 19.7. The number of thioether (sulfide) groups is 1. The lowest BCUT2D eigenvalue weighted by atomic mass is 10.2. The quantitative estimate of drug-likeness (QED) is 0.604. The van der Waals surface area contributed by atoms with E-state index in [1.807, 2.05) is 46.7 Å². The number of hydrogen-bond acceptors (Lipinski definition) is 5. The third-order valence-corrected chi connectivity index (χ3v) is 5.94. The van der Waals surface area contributed by atoms with Crippen molar-refractivity contribution in [1.29, 1.82) is 0 Å². The van der Waals surface area contributed by atoms with Gasteiger partial charge in [-0.1, -0.05) is 59.8 Å². The Morgan fingerprint density at radius 3 is 2.41 bits per heavy atom. The summed E-state index contributed by atoms with van der Waals surface area (Å²) in [5.74, 6) is 0.876. The molecule has 29 heavy (non-hydrogen) atoms. The normalized spacial score (nSPS) is 15.3. The van der Waals surface area contributed by atoms with Gasteiger partial charge in [-0.2, -0.15) is 0 Å². The number of aromatic nitrogens is 3. The van der Waals surface area contributed by atoms with Crippen LogP contribution in [0.1, 0.15) is 12.5 Å². The highest BCUT2D eigenvalue weighted by Gasteiger charge is 2.26. The van der Waals surface area contributed by atoms with Crippen molar-refractivity contribution in [1.82, 2.24) is 19.7 Å². The zero-order valence-corrected chi connectivity index (χ0v) is 17.4. The minimum absolute atomic E-state index is 0.109. The van der Waals surface area contributed by atoms with Gasteiger partial charge in [-0.15, -0.1) is 10.2 Å². The van der Waals surface area contributed by atoms with Gasteiger partial charge in [0.15, 0.2) is 11.0 Å². The molecule has 1 amide bonds. The highest BCUT2D eigenvalue weighted by atomic mass is 32.2. The predicted molar refractivity (Wildman–Crippen MR) is 114 cm³/mol. The predicted octanol–water partition coefficient (Wildman–Crippen LogP) is 3.58. The molecule has 2 heterocycles. The van der Waals surface area contributed by atoms with Crippen molar-refractivity contribution >= 4 is 17.7 Å². The number of rotatable bonds is 5. The number of hydrogen-bond donors (Lipinski definition) is 0. The lowest BCUT2D eigenvalue weighted by Crippen LogP contribution is -2.44. The fourth-order valence-electron chi connectivity index (χ4n) is 3.30. The Hall–Kier alpha value is -2.64. The summed E-state index contributed by atoms with van der Waals surface area (Å²) >= 11 is 1.44. The highest BCUT2D eigenvalue weighted by Crippen LogP contribution is 2.30. The Morgan fingerprint density at radius 1 is 1.03 bits per heavy atom. The van der Waals surface area contributed by atoms with Crippen LogP contribution in [-0.2, 0) is 9.53 Å². The van der Waals surface area contributed by atoms with Crippen LogP contribution >= 0.6 is 11.8 Å². The third kappa shape index (κ3) is 4.36. The van der Waals surface area contributed by atoms with E-state index in [0.29, 0.717) is 31.5 Å². The van der Waals surface area contributed by atoms with Crippen LogP contribution in [0.2, 0.25) is 0 Å². The van der Waals surface area contributed by atoms with Crippen molar-refractivity contribution in [2.45, 2.75) is 24.3 Å². The lowest BCUT2D eigenvalue weighted by Gasteiger charge is -2.28. The molecule has 1 unspecified atom stereocenters. The summed E-state index contributed by atoms with van der Waals surface area (Å²) in [7, 11) is 0. The third-order valence-electron chi connectivity index (χ3n) is 4.91. The molecule has 150 valence electrons. The molecule has 0 spiro atoms. The molecular weight excluding hydrogens is 384 g/mol. The number of carbonyl (C=O) groups is 1. The summed E-state index contributed by atoms with van der Waals surface area (Å²) in [6.45, 7) is 6.47. The van der Waals surface area contributed by atoms with Crippen LogP contribution in [0.5, 0.6) is 0 Å². The molecule has 0 N–H and O–H groups in total. The fourth-order valence-corrected chi connectivity index (χ4v) is 4.25. The minimum Gasteiger partial charge on any atom is -0.378 e. The molecule has 1 atom stereocenters. The number of nitrogens with zero attached hydrogens (tertiary/aromatic N) is 4. The van der Waals surface area contributed by atoms with Gasteiger partial charge < -0.3 is 9.64 Å². The summed E-state index contributed by atoms with van der Waals surface area (Å²) in [5, 5.41) is 9.35. The molecule has 0 radical (unpaired) electrons. The van der Waals surface area contributed by atoms with Crippen LogP contribution in [0, 0.1) is 6.92 Å². The Balaban J connectivity index is 1.67. The molecule has 3 aromatic rings. The number of morpholine rings is 1. The zero-order valence-electron chi connectivity index (χ0n) is 16.6. The molecule has 1 aliphatic heterocycles. The van der Waals surface area contributed by atoms with E-state index in [-0.39, 0.29) is 11.2 Å². The largest absolute Gasteiger partial charge is 0.378 e. The second-order valence-electron chi connectivity index (χ2n) is 7.04. The van der Waals surface area contributed by atoms with E-state index in [1.54, 1.807) is 0 Å². The van der Waals surface area contributed by atoms with Crippen molar-refractivity contribution in [3.8, 4) is 17.1 Å². The number of amides is 1. The van der Waals surface area contributed by atoms with Crippen LogP contribution in [0.25, 0.3) is 17.1 Å². The molecule has 4 rings (SSSR count). The Kier molecular flexibility index (Phi) is 5.97. The van der Waals surface area contributed by atoms with E-state index in [1.165, 1.54) is 17.3 Å². The van der Waals surface area contributed by atoms with Crippen molar-refractivity contribution in [2.24, 2.45) is 0 Å². The van der Waals surface area contributed by atoms with Crippen molar-refractivity contribution < 1.29 is 9.53 Å². The van der Waals surface area contributed by atoms with Gasteiger partial charge in [0.05, 0.1) is 18.5 Å². The van der Waals surface area contributed by atoms with E-state index in [0.717, 1.165) is 17.1 Å². The van der Waals surface area contributed by atoms with Gasteiger partial charge in [-0.25, -0.2) is 0 Å². The number of aryl methyl sites for hydroxylation is 1. The maximum atomic E-state index is 12.9. The molecule has 1 aromatic heterocycles. The average Bonchev–Trinajstić information content (AvgIpc) is 3.18. The number of benzene rings is 2. The van der Waals surface area contributed by atoms with Gasteiger partial charge in [0.1, 0.15) is 0 Å². The van der Waals surface area contributed by atoms with Gasteiger partial charge in [0, 0.05) is 24.3 Å². The maximum Gasteiger partial charge on any atom is 0.236 e. The second kappa shape index (κ2) is 8.80. The van der Waals surface area contributed by atoms with Crippen LogP contribution in [0.3, 0.4) is 0 Å². The minimum atomic E-state index is -0.259. The topological polar surface area (TPSA) is 60.2 Å². The van der Waals surface area contributed by atoms with Gasteiger partial charge in [0.25, 0.3) is 0 Å². The van der Waals surface area contributed by atoms with E-state index in [4.69, 9.17) is 4.74 Å². The SMILES string of the molecule is Cc1ccc(-n2c(SC(C)C(=O)N3CCOCC3)nnc2-c2ccccc2)cc1. The lowest BCUT2D eigenvalue weighted by molar-refractivity contribution is -0.134. The van der Waals surface area contributed by atoms with E-state index in [2.05, 4.69) is 41.4 Å². The monoisotopic (exact) mass is 408 g/mol. The number of carbonyl (C=O) groups excluding carboxylic acids is 1. The summed E-state index contributed by atoms with van der Waals surface area (Å²) in [6.07, 6.45) is 0. The molecule has 1 saturated heterocycles. The van der Waals surface area contributed by atoms with E-state index in [9.17, 15) is 4.79 Å². The molecule has 0 aliphatic carbocycles. The standard InChI is InChI=1S/C22H24N4O2S/c1-16-8-10-19(11-9-16)26-20(18-6-4-3-5-7-18)23-24-22(26)29-17(2)21(27)25-12-14-28-15-13-25/h3-11,17H,12-15H2,1-2H3. The van der Waals surface area contributed by atoms with Crippen LogP contribution in [0.15, 0.2) is 59.8 Å². The summed E-state index contributed by atoms with van der Waals surface area (Å²) < 4.78 is 7.39. The van der Waals surface area contributed by atoms with Crippen molar-refractivity contribution in [3.63, 3.8) is 0 Å². The van der Waals surface area contributed by atoms with E-state index >= 15 is 0 Å². The molecule has 1 fully saturated rings. The zero-order chi connectivity index (χ0) is 20.2. The van der Waals surface area contributed by atoms with Crippen LogP contribution < -0.4 is 0 Å². The second-order valence-corrected chi connectivity index (χ2v) is 8.35. The van der Waals surface area contributed by atoms with Crippen molar-refractivity contribution in [3.05, 3.63) is 60.2 Å². The van der Waals surface area contributed by atoms with Gasteiger partial charge in [-0.3, -0.25) is 9.36 Å². The first-order valence-electron chi connectivity index (χ1n) is 9.74. The molecule has 0 bridgehead atoms. The Bertz CT molecular complexity index is 966. The summed E-state index contributed by atoms with van der Waals surface area (Å²) in [5.41, 5.74) is 3.15. The smallest absolute Gasteiger partial charge is 0.236 e.